The standard InChI is InChI=1S/C27H27N3O4/c1-2-34-22-12-10-21(11-13-22)25-24(23(31)14-9-20-7-4-3-5-8-20)26(32)27(33)30(25)17-6-16-29-18-15-28-19-29/h3-5,7-15,18-19,25,32H,2,6,16-17H2,1H3. The lowest BCUT2D eigenvalue weighted by Gasteiger charge is -2.27. The molecule has 0 fully saturated rings. The molecule has 1 aliphatic rings. The molecular weight excluding hydrogens is 430 g/mol. The Morgan fingerprint density at radius 3 is 2.56 bits per heavy atom. The normalized spacial score (nSPS) is 16.0. The Morgan fingerprint density at radius 1 is 1.12 bits per heavy atom. The summed E-state index contributed by atoms with van der Waals surface area (Å²) in [5.41, 5.74) is 1.68. The summed E-state index contributed by atoms with van der Waals surface area (Å²) in [6.45, 7) is 3.48. The maximum atomic E-state index is 13.2. The van der Waals surface area contributed by atoms with E-state index in [0.717, 1.165) is 11.1 Å². The molecule has 7 heteroatoms. The number of carbonyl (C=O) groups is 2. The minimum atomic E-state index is -0.682. The zero-order valence-corrected chi connectivity index (χ0v) is 19.0. The highest BCUT2D eigenvalue weighted by Crippen LogP contribution is 2.38. The highest BCUT2D eigenvalue weighted by molar-refractivity contribution is 6.14. The molecule has 0 aliphatic carbocycles. The molecule has 2 heterocycles. The first-order valence-corrected chi connectivity index (χ1v) is 11.3. The summed E-state index contributed by atoms with van der Waals surface area (Å²) in [6, 6.07) is 16.0. The zero-order chi connectivity index (χ0) is 23.9. The minimum absolute atomic E-state index is 0.0870. The smallest absolute Gasteiger partial charge is 0.290 e. The van der Waals surface area contributed by atoms with E-state index in [1.54, 1.807) is 23.5 Å². The number of carbonyl (C=O) groups excluding carboxylic acids is 2. The van der Waals surface area contributed by atoms with Crippen LogP contribution in [0.25, 0.3) is 6.08 Å². The summed E-state index contributed by atoms with van der Waals surface area (Å²) < 4.78 is 7.46. The molecule has 1 N–H and O–H groups in total. The van der Waals surface area contributed by atoms with Gasteiger partial charge in [-0.1, -0.05) is 48.5 Å². The Hall–Kier alpha value is -4.13. The highest BCUT2D eigenvalue weighted by atomic mass is 16.5. The van der Waals surface area contributed by atoms with Crippen molar-refractivity contribution in [1.29, 1.82) is 0 Å². The van der Waals surface area contributed by atoms with Crippen molar-refractivity contribution in [2.45, 2.75) is 25.9 Å². The molecule has 1 amide bonds. The molecule has 0 saturated heterocycles. The molecule has 3 aromatic rings. The van der Waals surface area contributed by atoms with Crippen molar-refractivity contribution >= 4 is 17.8 Å². The quantitative estimate of drug-likeness (QED) is 0.458. The van der Waals surface area contributed by atoms with E-state index >= 15 is 0 Å². The molecule has 0 radical (unpaired) electrons. The number of aliphatic hydroxyl groups is 1. The van der Waals surface area contributed by atoms with Gasteiger partial charge in [0.1, 0.15) is 5.75 Å². The molecule has 34 heavy (non-hydrogen) atoms. The number of benzene rings is 2. The molecule has 1 unspecified atom stereocenters. The van der Waals surface area contributed by atoms with E-state index in [2.05, 4.69) is 4.98 Å². The number of aryl methyl sites for hydroxylation is 1. The van der Waals surface area contributed by atoms with Crippen LogP contribution in [0.3, 0.4) is 0 Å². The lowest BCUT2D eigenvalue weighted by atomic mass is 9.95. The first-order chi connectivity index (χ1) is 16.6. The van der Waals surface area contributed by atoms with Crippen LogP contribution in [0.1, 0.15) is 30.5 Å². The lowest BCUT2D eigenvalue weighted by molar-refractivity contribution is -0.129. The number of nitrogens with zero attached hydrogens (tertiary/aromatic N) is 3. The van der Waals surface area contributed by atoms with Gasteiger partial charge in [-0.15, -0.1) is 0 Å². The Balaban J connectivity index is 1.61. The first-order valence-electron chi connectivity index (χ1n) is 11.3. The van der Waals surface area contributed by atoms with Crippen LogP contribution in [0.4, 0.5) is 0 Å². The topological polar surface area (TPSA) is 84.7 Å². The highest BCUT2D eigenvalue weighted by Gasteiger charge is 2.42. The average Bonchev–Trinajstić information content (AvgIpc) is 3.46. The average molecular weight is 458 g/mol. The molecule has 174 valence electrons. The third kappa shape index (κ3) is 5.09. The van der Waals surface area contributed by atoms with Gasteiger partial charge in [-0.2, -0.15) is 0 Å². The van der Waals surface area contributed by atoms with Crippen LogP contribution >= 0.6 is 0 Å². The van der Waals surface area contributed by atoms with Crippen LogP contribution in [-0.4, -0.2) is 44.4 Å². The van der Waals surface area contributed by atoms with E-state index < -0.39 is 23.5 Å². The van der Waals surface area contributed by atoms with E-state index in [1.165, 1.54) is 6.08 Å². The number of ether oxygens (including phenoxy) is 1. The van der Waals surface area contributed by atoms with Crippen LogP contribution < -0.4 is 4.74 Å². The Labute approximate surface area is 198 Å². The third-order valence-electron chi connectivity index (χ3n) is 5.68. The molecule has 4 rings (SSSR count). The fraction of sp³-hybridized carbons (Fsp3) is 0.222. The van der Waals surface area contributed by atoms with Gasteiger partial charge in [0.2, 0.25) is 0 Å². The summed E-state index contributed by atoms with van der Waals surface area (Å²) >= 11 is 0. The van der Waals surface area contributed by atoms with Gasteiger partial charge in [0, 0.05) is 25.5 Å². The maximum absolute atomic E-state index is 13.2. The molecule has 1 aromatic heterocycles. The predicted octanol–water partition coefficient (Wildman–Crippen LogP) is 4.35. The first kappa shape index (κ1) is 23.0. The summed E-state index contributed by atoms with van der Waals surface area (Å²) in [6.07, 6.45) is 9.01. The van der Waals surface area contributed by atoms with Gasteiger partial charge in [-0.3, -0.25) is 9.59 Å². The minimum Gasteiger partial charge on any atom is -0.503 e. The van der Waals surface area contributed by atoms with Gasteiger partial charge in [-0.25, -0.2) is 4.98 Å². The molecule has 0 saturated carbocycles. The van der Waals surface area contributed by atoms with Crippen LogP contribution in [-0.2, 0) is 16.1 Å². The number of imidazole rings is 1. The number of rotatable bonds is 10. The molecule has 0 spiro atoms. The van der Waals surface area contributed by atoms with Crippen LogP contribution in [0.5, 0.6) is 5.75 Å². The second kappa shape index (κ2) is 10.7. The van der Waals surface area contributed by atoms with Crippen LogP contribution in [0.2, 0.25) is 0 Å². The summed E-state index contributed by atoms with van der Waals surface area (Å²) in [5.74, 6) is -0.733. The SMILES string of the molecule is CCOc1ccc(C2C(C(=O)C=Cc3ccccc3)=C(O)C(=O)N2CCCn2ccnc2)cc1. The number of amides is 1. The number of aliphatic hydroxyl groups excluding tert-OH is 1. The third-order valence-corrected chi connectivity index (χ3v) is 5.68. The Morgan fingerprint density at radius 2 is 1.88 bits per heavy atom. The van der Waals surface area contributed by atoms with Crippen molar-refractivity contribution in [2.75, 3.05) is 13.2 Å². The molecule has 1 aliphatic heterocycles. The summed E-state index contributed by atoms with van der Waals surface area (Å²) in [7, 11) is 0. The zero-order valence-electron chi connectivity index (χ0n) is 19.0. The van der Waals surface area contributed by atoms with Crippen molar-refractivity contribution in [2.24, 2.45) is 0 Å². The number of allylic oxidation sites excluding steroid dienone is 1. The monoisotopic (exact) mass is 457 g/mol. The Bertz CT molecular complexity index is 1180. The van der Waals surface area contributed by atoms with Gasteiger partial charge >= 0.3 is 0 Å². The van der Waals surface area contributed by atoms with Gasteiger partial charge in [0.25, 0.3) is 5.91 Å². The van der Waals surface area contributed by atoms with Gasteiger partial charge in [0.15, 0.2) is 11.5 Å². The predicted molar refractivity (Wildman–Crippen MR) is 129 cm³/mol. The molecule has 2 aromatic carbocycles. The maximum Gasteiger partial charge on any atom is 0.290 e. The number of ketones is 1. The summed E-state index contributed by atoms with van der Waals surface area (Å²) in [5, 5.41) is 10.7. The van der Waals surface area contributed by atoms with Crippen molar-refractivity contribution < 1.29 is 19.4 Å². The molecule has 1 atom stereocenters. The second-order valence-corrected chi connectivity index (χ2v) is 7.93. The van der Waals surface area contributed by atoms with Crippen molar-refractivity contribution in [3.63, 3.8) is 0 Å². The molecule has 7 nitrogen and oxygen atoms in total. The summed E-state index contributed by atoms with van der Waals surface area (Å²) in [4.78, 5) is 31.8. The lowest BCUT2D eigenvalue weighted by Crippen LogP contribution is -2.32. The number of hydrogen-bond acceptors (Lipinski definition) is 5. The van der Waals surface area contributed by atoms with Gasteiger partial charge < -0.3 is 19.3 Å². The van der Waals surface area contributed by atoms with Gasteiger partial charge in [0.05, 0.1) is 24.5 Å². The van der Waals surface area contributed by atoms with E-state index in [1.807, 2.05) is 72.3 Å². The molecule has 0 bridgehead atoms. The second-order valence-electron chi connectivity index (χ2n) is 7.93. The van der Waals surface area contributed by atoms with E-state index in [-0.39, 0.29) is 5.57 Å². The largest absolute Gasteiger partial charge is 0.503 e. The Kier molecular flexibility index (Phi) is 7.22. The number of aromatic nitrogens is 2. The van der Waals surface area contributed by atoms with Crippen molar-refractivity contribution in [3.8, 4) is 5.75 Å². The fourth-order valence-electron chi connectivity index (χ4n) is 4.06. The molecular formula is C27H27N3O4. The fourth-order valence-corrected chi connectivity index (χ4v) is 4.06. The van der Waals surface area contributed by atoms with E-state index in [4.69, 9.17) is 4.74 Å². The van der Waals surface area contributed by atoms with Crippen LogP contribution in [0, 0.1) is 0 Å². The van der Waals surface area contributed by atoms with Gasteiger partial charge in [-0.05, 0) is 42.7 Å². The van der Waals surface area contributed by atoms with E-state index in [0.29, 0.717) is 31.9 Å². The van der Waals surface area contributed by atoms with Crippen molar-refractivity contribution in [3.05, 3.63) is 102 Å². The van der Waals surface area contributed by atoms with Crippen molar-refractivity contribution in [1.82, 2.24) is 14.5 Å². The number of hydrogen-bond donors (Lipinski definition) is 1. The van der Waals surface area contributed by atoms with Crippen LogP contribution in [0.15, 0.2) is 90.7 Å². The van der Waals surface area contributed by atoms with E-state index in [9.17, 15) is 14.7 Å².